The summed E-state index contributed by atoms with van der Waals surface area (Å²) in [7, 11) is 0. The van der Waals surface area contributed by atoms with Crippen LogP contribution < -0.4 is 14.8 Å². The predicted molar refractivity (Wildman–Crippen MR) is 118 cm³/mol. The van der Waals surface area contributed by atoms with Crippen molar-refractivity contribution in [3.8, 4) is 22.8 Å². The van der Waals surface area contributed by atoms with E-state index in [9.17, 15) is 4.79 Å². The Morgan fingerprint density at radius 1 is 1.06 bits per heavy atom. The molecule has 2 aromatic carbocycles. The van der Waals surface area contributed by atoms with Crippen molar-refractivity contribution in [1.29, 1.82) is 0 Å². The van der Waals surface area contributed by atoms with Gasteiger partial charge in [-0.1, -0.05) is 44.2 Å². The highest BCUT2D eigenvalue weighted by atomic mass is 16.7. The molecule has 4 rings (SSSR count). The molecule has 162 valence electrons. The lowest BCUT2D eigenvalue weighted by Gasteiger charge is -2.14. The summed E-state index contributed by atoms with van der Waals surface area (Å²) in [6, 6.07) is 13.9. The van der Waals surface area contributed by atoms with Crippen molar-refractivity contribution >= 4 is 5.91 Å². The molecule has 1 aliphatic rings. The van der Waals surface area contributed by atoms with Crippen LogP contribution in [0, 0.1) is 5.92 Å². The Kier molecular flexibility index (Phi) is 6.26. The van der Waals surface area contributed by atoms with E-state index in [0.717, 1.165) is 29.1 Å². The van der Waals surface area contributed by atoms with Gasteiger partial charge in [0.25, 0.3) is 0 Å². The van der Waals surface area contributed by atoms with Crippen molar-refractivity contribution in [2.45, 2.75) is 46.1 Å². The van der Waals surface area contributed by atoms with Gasteiger partial charge in [0, 0.05) is 18.4 Å². The van der Waals surface area contributed by atoms with Gasteiger partial charge in [-0.25, -0.2) is 4.98 Å². The fourth-order valence-electron chi connectivity index (χ4n) is 3.64. The predicted octanol–water partition coefficient (Wildman–Crippen LogP) is 5.08. The summed E-state index contributed by atoms with van der Waals surface area (Å²) in [5, 5.41) is 3.01. The first-order valence-corrected chi connectivity index (χ1v) is 10.7. The molecule has 6 nitrogen and oxygen atoms in total. The summed E-state index contributed by atoms with van der Waals surface area (Å²) >= 11 is 0. The van der Waals surface area contributed by atoms with Crippen LogP contribution in [0.2, 0.25) is 0 Å². The zero-order valence-electron chi connectivity index (χ0n) is 18.2. The molecule has 2 heterocycles. The molecule has 1 amide bonds. The largest absolute Gasteiger partial charge is 0.454 e. The molecule has 0 saturated carbocycles. The summed E-state index contributed by atoms with van der Waals surface area (Å²) < 4.78 is 16.6. The van der Waals surface area contributed by atoms with Crippen molar-refractivity contribution in [2.75, 3.05) is 6.79 Å². The third-order valence-electron chi connectivity index (χ3n) is 5.28. The van der Waals surface area contributed by atoms with Gasteiger partial charge in [0.15, 0.2) is 23.1 Å². The Hall–Kier alpha value is -3.28. The average molecular weight is 421 g/mol. The Morgan fingerprint density at radius 3 is 2.61 bits per heavy atom. The maximum Gasteiger partial charge on any atom is 0.231 e. The molecule has 1 atom stereocenters. The number of ether oxygens (including phenoxy) is 2. The van der Waals surface area contributed by atoms with E-state index in [0.29, 0.717) is 30.4 Å². The highest BCUT2D eigenvalue weighted by molar-refractivity contribution is 5.76. The fraction of sp³-hybridized carbons (Fsp3) is 0.360. The van der Waals surface area contributed by atoms with Crippen LogP contribution in [-0.2, 0) is 17.6 Å². The van der Waals surface area contributed by atoms with Gasteiger partial charge >= 0.3 is 0 Å². The summed E-state index contributed by atoms with van der Waals surface area (Å²) in [6.07, 6.45) is 3.54. The van der Waals surface area contributed by atoms with E-state index in [1.165, 1.54) is 5.56 Å². The van der Waals surface area contributed by atoms with Crippen LogP contribution in [0.5, 0.6) is 11.5 Å². The number of benzene rings is 2. The first kappa shape index (κ1) is 21.0. The zero-order chi connectivity index (χ0) is 21.8. The topological polar surface area (TPSA) is 73.6 Å². The summed E-state index contributed by atoms with van der Waals surface area (Å²) in [5.74, 6) is 3.30. The Balaban J connectivity index is 1.29. The average Bonchev–Trinajstić information content (AvgIpc) is 3.41. The molecule has 0 fully saturated rings. The molecular weight excluding hydrogens is 392 g/mol. The minimum absolute atomic E-state index is 0.0528. The van der Waals surface area contributed by atoms with E-state index >= 15 is 0 Å². The highest BCUT2D eigenvalue weighted by Crippen LogP contribution is 2.34. The Labute approximate surface area is 182 Å². The lowest BCUT2D eigenvalue weighted by Crippen LogP contribution is -2.26. The maximum atomic E-state index is 12.4. The van der Waals surface area contributed by atoms with Gasteiger partial charge < -0.3 is 19.2 Å². The number of oxazole rings is 1. The summed E-state index contributed by atoms with van der Waals surface area (Å²) in [5.41, 5.74) is 3.27. The monoisotopic (exact) mass is 420 g/mol. The molecule has 0 spiro atoms. The molecular formula is C25H28N2O4. The van der Waals surface area contributed by atoms with Crippen molar-refractivity contribution < 1.29 is 18.7 Å². The number of aryl methyl sites for hydroxylation is 1. The molecule has 0 saturated heterocycles. The van der Waals surface area contributed by atoms with E-state index in [1.807, 2.05) is 25.1 Å². The van der Waals surface area contributed by atoms with Crippen molar-refractivity contribution in [1.82, 2.24) is 10.3 Å². The van der Waals surface area contributed by atoms with Crippen molar-refractivity contribution in [2.24, 2.45) is 5.92 Å². The number of hydrogen-bond donors (Lipinski definition) is 1. The minimum atomic E-state index is -0.133. The number of fused-ring (bicyclic) bond motifs is 1. The van der Waals surface area contributed by atoms with E-state index in [1.54, 1.807) is 6.20 Å². The second-order valence-electron chi connectivity index (χ2n) is 8.32. The van der Waals surface area contributed by atoms with Crippen LogP contribution in [-0.4, -0.2) is 17.7 Å². The summed E-state index contributed by atoms with van der Waals surface area (Å²) in [6.45, 7) is 6.60. The van der Waals surface area contributed by atoms with Crippen LogP contribution in [0.15, 0.2) is 53.1 Å². The number of rotatable bonds is 8. The maximum absolute atomic E-state index is 12.4. The first-order valence-electron chi connectivity index (χ1n) is 10.7. The minimum Gasteiger partial charge on any atom is -0.454 e. The molecule has 3 aromatic rings. The first-order chi connectivity index (χ1) is 15.0. The van der Waals surface area contributed by atoms with E-state index in [4.69, 9.17) is 13.9 Å². The molecule has 6 heteroatoms. The quantitative estimate of drug-likeness (QED) is 0.550. The van der Waals surface area contributed by atoms with Crippen LogP contribution >= 0.6 is 0 Å². The fourth-order valence-corrected chi connectivity index (χ4v) is 3.64. The highest BCUT2D eigenvalue weighted by Gasteiger charge is 2.17. The number of amides is 1. The molecule has 0 bridgehead atoms. The second kappa shape index (κ2) is 9.25. The summed E-state index contributed by atoms with van der Waals surface area (Å²) in [4.78, 5) is 16.7. The Morgan fingerprint density at radius 2 is 1.84 bits per heavy atom. The lowest BCUT2D eigenvalue weighted by molar-refractivity contribution is -0.121. The number of carbonyl (C=O) groups is 1. The number of hydrogen-bond acceptors (Lipinski definition) is 5. The number of nitrogens with one attached hydrogen (secondary N) is 1. The molecule has 1 aromatic heterocycles. The van der Waals surface area contributed by atoms with Gasteiger partial charge in [-0.3, -0.25) is 4.79 Å². The molecule has 1 N–H and O–H groups in total. The van der Waals surface area contributed by atoms with Gasteiger partial charge in [-0.05, 0) is 42.5 Å². The third kappa shape index (κ3) is 5.26. The van der Waals surface area contributed by atoms with Crippen LogP contribution in [0.3, 0.4) is 0 Å². The van der Waals surface area contributed by atoms with Gasteiger partial charge in [0.2, 0.25) is 12.7 Å². The van der Waals surface area contributed by atoms with Crippen LogP contribution in [0.4, 0.5) is 0 Å². The molecule has 1 unspecified atom stereocenters. The molecule has 31 heavy (non-hydrogen) atoms. The molecule has 0 aliphatic carbocycles. The van der Waals surface area contributed by atoms with E-state index in [-0.39, 0.29) is 18.7 Å². The Bertz CT molecular complexity index is 1040. The standard InChI is InChI=1S/C25H28N2O4/c1-16(2)12-18-4-6-19(7-5-18)23-14-26-25(31-23)11-10-24(28)27-17(3)20-8-9-21-22(13-20)30-15-29-21/h4-9,13-14,16-17H,10-12,15H2,1-3H3,(H,27,28). The van der Waals surface area contributed by atoms with Crippen molar-refractivity contribution in [3.63, 3.8) is 0 Å². The third-order valence-corrected chi connectivity index (χ3v) is 5.28. The SMILES string of the molecule is CC(C)Cc1ccc(-c2cnc(CCC(=O)NC(C)c3ccc4c(c3)OCO4)o2)cc1. The van der Waals surface area contributed by atoms with Gasteiger partial charge in [-0.2, -0.15) is 0 Å². The van der Waals surface area contributed by atoms with Gasteiger partial charge in [-0.15, -0.1) is 0 Å². The lowest BCUT2D eigenvalue weighted by atomic mass is 10.0. The number of carbonyl (C=O) groups excluding carboxylic acids is 1. The normalized spacial score (nSPS) is 13.4. The van der Waals surface area contributed by atoms with Crippen LogP contribution in [0.25, 0.3) is 11.3 Å². The van der Waals surface area contributed by atoms with Gasteiger partial charge in [0.1, 0.15) is 0 Å². The van der Waals surface area contributed by atoms with Crippen LogP contribution in [0.1, 0.15) is 50.3 Å². The van der Waals surface area contributed by atoms with Gasteiger partial charge in [0.05, 0.1) is 12.2 Å². The smallest absolute Gasteiger partial charge is 0.231 e. The number of aromatic nitrogens is 1. The van der Waals surface area contributed by atoms with E-state index < -0.39 is 0 Å². The van der Waals surface area contributed by atoms with Crippen molar-refractivity contribution in [3.05, 3.63) is 65.7 Å². The number of nitrogens with zero attached hydrogens (tertiary/aromatic N) is 1. The van der Waals surface area contributed by atoms with E-state index in [2.05, 4.69) is 48.4 Å². The molecule has 1 aliphatic heterocycles. The second-order valence-corrected chi connectivity index (χ2v) is 8.32. The zero-order valence-corrected chi connectivity index (χ0v) is 18.2. The molecule has 0 radical (unpaired) electrons.